The number of carbonyl (C=O) groups excluding carboxylic acids is 2. The van der Waals surface area contributed by atoms with E-state index in [4.69, 9.17) is 16.6 Å². The molecule has 5 N–H and O–H groups in total. The Balaban J connectivity index is 1.52. The van der Waals surface area contributed by atoms with Crippen LogP contribution in [0, 0.1) is 18.7 Å². The molecule has 3 aromatic rings. The summed E-state index contributed by atoms with van der Waals surface area (Å²) in [6.45, 7) is 4.13. The predicted octanol–water partition coefficient (Wildman–Crippen LogP) is 4.75. The summed E-state index contributed by atoms with van der Waals surface area (Å²) in [7, 11) is 0. The third-order valence-electron chi connectivity index (χ3n) is 7.04. The number of aromatic nitrogens is 2. The number of primary amides is 1. The minimum absolute atomic E-state index is 0.0721. The molecule has 1 saturated carbocycles. The first kappa shape index (κ1) is 24.4. The number of rotatable bonds is 7. The van der Waals surface area contributed by atoms with Crippen molar-refractivity contribution in [3.63, 3.8) is 0 Å². The second-order valence-corrected chi connectivity index (χ2v) is 9.40. The van der Waals surface area contributed by atoms with Crippen LogP contribution < -0.4 is 16.8 Å². The number of carbonyl (C=O) groups is 2. The molecule has 1 fully saturated rings. The Morgan fingerprint density at radius 1 is 1.14 bits per heavy atom. The van der Waals surface area contributed by atoms with Crippen LogP contribution in [-0.4, -0.2) is 21.6 Å². The first-order chi connectivity index (χ1) is 16.8. The minimum Gasteiger partial charge on any atom is -0.383 e. The normalized spacial score (nSPS) is 15.1. The molecule has 1 atom stereocenters. The molecule has 7 nitrogen and oxygen atoms in total. The zero-order valence-corrected chi connectivity index (χ0v) is 20.2. The van der Waals surface area contributed by atoms with Gasteiger partial charge in [0.1, 0.15) is 22.9 Å². The van der Waals surface area contributed by atoms with E-state index in [9.17, 15) is 14.0 Å². The molecule has 184 valence electrons. The Morgan fingerprint density at radius 2 is 1.83 bits per heavy atom. The van der Waals surface area contributed by atoms with E-state index in [-0.39, 0.29) is 24.1 Å². The minimum atomic E-state index is -0.610. The third-order valence-corrected chi connectivity index (χ3v) is 7.04. The van der Waals surface area contributed by atoms with Crippen molar-refractivity contribution in [1.82, 2.24) is 15.1 Å². The molecule has 2 aromatic carbocycles. The fourth-order valence-electron chi connectivity index (χ4n) is 4.92. The van der Waals surface area contributed by atoms with Gasteiger partial charge in [0.2, 0.25) is 0 Å². The number of benzene rings is 2. The number of hydrogen-bond acceptors (Lipinski definition) is 4. The number of anilines is 1. The number of nitrogens with two attached hydrogens (primary N) is 2. The van der Waals surface area contributed by atoms with E-state index in [1.807, 2.05) is 24.3 Å². The lowest BCUT2D eigenvalue weighted by Gasteiger charge is -2.28. The van der Waals surface area contributed by atoms with Crippen molar-refractivity contribution in [2.24, 2.45) is 11.7 Å². The Labute approximate surface area is 204 Å². The quantitative estimate of drug-likeness (QED) is 0.455. The van der Waals surface area contributed by atoms with Crippen LogP contribution in [0.4, 0.5) is 10.2 Å². The summed E-state index contributed by atoms with van der Waals surface area (Å²) in [5.74, 6) is -0.641. The lowest BCUT2D eigenvalue weighted by atomic mass is 9.84. The molecule has 2 amide bonds. The van der Waals surface area contributed by atoms with Crippen LogP contribution in [0.25, 0.3) is 11.3 Å². The van der Waals surface area contributed by atoms with E-state index in [0.29, 0.717) is 28.6 Å². The largest absolute Gasteiger partial charge is 0.383 e. The van der Waals surface area contributed by atoms with Crippen LogP contribution in [0.3, 0.4) is 0 Å². The fourth-order valence-corrected chi connectivity index (χ4v) is 4.92. The van der Waals surface area contributed by atoms with Crippen LogP contribution in [0.5, 0.6) is 0 Å². The lowest BCUT2D eigenvalue weighted by Crippen LogP contribution is -2.23. The van der Waals surface area contributed by atoms with Crippen LogP contribution >= 0.6 is 0 Å². The van der Waals surface area contributed by atoms with E-state index in [2.05, 4.69) is 12.2 Å². The van der Waals surface area contributed by atoms with Gasteiger partial charge in [0, 0.05) is 17.7 Å². The Bertz CT molecular complexity index is 1230. The Hall–Kier alpha value is -3.68. The molecule has 35 heavy (non-hydrogen) atoms. The summed E-state index contributed by atoms with van der Waals surface area (Å²) in [5.41, 5.74) is 15.3. The number of nitrogens with zero attached hydrogens (tertiary/aromatic N) is 2. The van der Waals surface area contributed by atoms with Gasteiger partial charge in [0.15, 0.2) is 0 Å². The van der Waals surface area contributed by atoms with Crippen molar-refractivity contribution < 1.29 is 14.0 Å². The van der Waals surface area contributed by atoms with Crippen molar-refractivity contribution >= 4 is 17.6 Å². The Kier molecular flexibility index (Phi) is 7.19. The topological polar surface area (TPSA) is 116 Å². The number of aryl methyl sites for hydroxylation is 1. The maximum Gasteiger partial charge on any atom is 0.254 e. The molecule has 1 aliphatic carbocycles. The SMILES string of the molecule is Cc1ccc(F)cc1C(=O)NCc1ccc(-c2nn(C(C)C3CCCCC3)c(N)c2C(N)=O)cc1. The van der Waals surface area contributed by atoms with Crippen molar-refractivity contribution in [3.05, 3.63) is 70.5 Å². The predicted molar refractivity (Wildman–Crippen MR) is 134 cm³/mol. The van der Waals surface area contributed by atoms with Gasteiger partial charge in [0.05, 0.1) is 6.04 Å². The molecule has 0 radical (unpaired) electrons. The van der Waals surface area contributed by atoms with Crippen LogP contribution in [0.1, 0.15) is 76.9 Å². The second kappa shape index (κ2) is 10.3. The lowest BCUT2D eigenvalue weighted by molar-refractivity contribution is 0.0948. The summed E-state index contributed by atoms with van der Waals surface area (Å²) < 4.78 is 15.3. The van der Waals surface area contributed by atoms with E-state index in [1.54, 1.807) is 17.7 Å². The van der Waals surface area contributed by atoms with Gasteiger partial charge in [-0.25, -0.2) is 9.07 Å². The van der Waals surface area contributed by atoms with Crippen molar-refractivity contribution in [1.29, 1.82) is 0 Å². The maximum absolute atomic E-state index is 13.5. The molecule has 0 spiro atoms. The van der Waals surface area contributed by atoms with Gasteiger partial charge in [0.25, 0.3) is 11.8 Å². The van der Waals surface area contributed by atoms with E-state index in [0.717, 1.165) is 24.0 Å². The Morgan fingerprint density at radius 3 is 2.49 bits per heavy atom. The fraction of sp³-hybridized carbons (Fsp3) is 0.370. The molecule has 1 unspecified atom stereocenters. The van der Waals surface area contributed by atoms with Gasteiger partial charge < -0.3 is 16.8 Å². The van der Waals surface area contributed by atoms with Crippen LogP contribution in [0.2, 0.25) is 0 Å². The van der Waals surface area contributed by atoms with Crippen molar-refractivity contribution in [2.75, 3.05) is 5.73 Å². The molecule has 0 bridgehead atoms. The number of hydrogen-bond donors (Lipinski definition) is 3. The van der Waals surface area contributed by atoms with E-state index < -0.39 is 11.7 Å². The second-order valence-electron chi connectivity index (χ2n) is 9.40. The summed E-state index contributed by atoms with van der Waals surface area (Å²) in [4.78, 5) is 24.8. The average molecular weight is 478 g/mol. The number of amides is 2. The molecule has 8 heteroatoms. The molecule has 1 heterocycles. The molecular formula is C27H32FN5O2. The van der Waals surface area contributed by atoms with Gasteiger partial charge in [-0.15, -0.1) is 0 Å². The maximum atomic E-state index is 13.5. The standard InChI is InChI=1S/C27H32FN5O2/c1-16-8-13-21(28)14-22(16)27(35)31-15-18-9-11-20(12-10-18)24-23(26(30)34)25(29)33(32-24)17(2)19-6-4-3-5-7-19/h8-14,17,19H,3-7,15,29H2,1-2H3,(H2,30,34)(H,31,35). The highest BCUT2D eigenvalue weighted by Gasteiger charge is 2.28. The van der Waals surface area contributed by atoms with Crippen molar-refractivity contribution in [3.8, 4) is 11.3 Å². The zero-order chi connectivity index (χ0) is 25.1. The molecule has 1 aliphatic rings. The summed E-state index contributed by atoms with van der Waals surface area (Å²) in [6, 6.07) is 11.6. The van der Waals surface area contributed by atoms with Crippen molar-refractivity contribution in [2.45, 2.75) is 58.5 Å². The molecule has 4 rings (SSSR count). The number of nitrogens with one attached hydrogen (secondary N) is 1. The third kappa shape index (κ3) is 5.21. The highest BCUT2D eigenvalue weighted by Crippen LogP contribution is 2.36. The van der Waals surface area contributed by atoms with E-state index in [1.165, 1.54) is 31.4 Å². The summed E-state index contributed by atoms with van der Waals surface area (Å²) >= 11 is 0. The molecule has 0 saturated heterocycles. The van der Waals surface area contributed by atoms with Gasteiger partial charge in [-0.05, 0) is 55.9 Å². The summed E-state index contributed by atoms with van der Waals surface area (Å²) in [5, 5.41) is 7.54. The van der Waals surface area contributed by atoms with Crippen LogP contribution in [-0.2, 0) is 6.54 Å². The first-order valence-corrected chi connectivity index (χ1v) is 12.1. The average Bonchev–Trinajstić information content (AvgIpc) is 3.21. The highest BCUT2D eigenvalue weighted by atomic mass is 19.1. The number of halogens is 1. The molecule has 1 aromatic heterocycles. The van der Waals surface area contributed by atoms with Gasteiger partial charge in [-0.3, -0.25) is 9.59 Å². The van der Waals surface area contributed by atoms with Gasteiger partial charge in [-0.2, -0.15) is 5.10 Å². The van der Waals surface area contributed by atoms with Gasteiger partial charge >= 0.3 is 0 Å². The van der Waals surface area contributed by atoms with Gasteiger partial charge in [-0.1, -0.05) is 49.6 Å². The zero-order valence-electron chi connectivity index (χ0n) is 20.2. The molecule has 0 aliphatic heterocycles. The van der Waals surface area contributed by atoms with E-state index >= 15 is 0 Å². The smallest absolute Gasteiger partial charge is 0.254 e. The van der Waals surface area contributed by atoms with Crippen LogP contribution in [0.15, 0.2) is 42.5 Å². The number of nitrogen functional groups attached to an aromatic ring is 1. The monoisotopic (exact) mass is 477 g/mol. The summed E-state index contributed by atoms with van der Waals surface area (Å²) in [6.07, 6.45) is 5.89. The molecular weight excluding hydrogens is 445 g/mol. The first-order valence-electron chi connectivity index (χ1n) is 12.1. The highest BCUT2D eigenvalue weighted by molar-refractivity contribution is 6.03.